The topological polar surface area (TPSA) is 55.2 Å². The Labute approximate surface area is 190 Å². The monoisotopic (exact) mass is 475 g/mol. The molecule has 0 aliphatic rings. The van der Waals surface area contributed by atoms with Crippen molar-refractivity contribution in [3.8, 4) is 11.1 Å². The lowest BCUT2D eigenvalue weighted by Gasteiger charge is -2.16. The zero-order valence-corrected chi connectivity index (χ0v) is 19.5. The number of hydrogen-bond acceptors (Lipinski definition) is 6. The van der Waals surface area contributed by atoms with Gasteiger partial charge in [0.05, 0.1) is 22.0 Å². The van der Waals surface area contributed by atoms with Gasteiger partial charge in [-0.2, -0.15) is 0 Å². The lowest BCUT2D eigenvalue weighted by atomic mass is 10.1. The van der Waals surface area contributed by atoms with E-state index in [4.69, 9.17) is 11.6 Å². The average molecular weight is 476 g/mol. The van der Waals surface area contributed by atoms with Crippen LogP contribution in [0.1, 0.15) is 4.88 Å². The standard InChI is InChI=1S/C21H18ClN3O2S3/c1-24(10-14-8-9-16(22)30-14)17(26)12-29-21-23-19-18(20(27)25(21)2)15(11-28-19)13-6-4-3-5-7-13/h3-9,11H,10,12H2,1-2H3. The molecular weight excluding hydrogens is 458 g/mol. The van der Waals surface area contributed by atoms with Crippen molar-refractivity contribution in [2.24, 2.45) is 7.05 Å². The Hall–Kier alpha value is -2.13. The average Bonchev–Trinajstić information content (AvgIpc) is 3.36. The third-order valence-corrected chi connectivity index (χ3v) is 7.73. The Kier molecular flexibility index (Phi) is 6.29. The normalized spacial score (nSPS) is 11.2. The fourth-order valence-electron chi connectivity index (χ4n) is 3.01. The highest BCUT2D eigenvalue weighted by molar-refractivity contribution is 7.99. The minimum atomic E-state index is -0.100. The van der Waals surface area contributed by atoms with E-state index in [0.29, 0.717) is 26.3 Å². The number of nitrogens with zero attached hydrogens (tertiary/aromatic N) is 3. The van der Waals surface area contributed by atoms with Gasteiger partial charge in [0.2, 0.25) is 5.91 Å². The molecule has 0 N–H and O–H groups in total. The number of thiophene rings is 2. The zero-order valence-electron chi connectivity index (χ0n) is 16.3. The number of halogens is 1. The molecule has 0 saturated carbocycles. The van der Waals surface area contributed by atoms with Crippen LogP contribution in [0.2, 0.25) is 4.34 Å². The first kappa shape index (κ1) is 21.1. The molecule has 3 heterocycles. The molecule has 0 fully saturated rings. The fourth-order valence-corrected chi connectivity index (χ4v) is 6.05. The highest BCUT2D eigenvalue weighted by Gasteiger charge is 2.17. The summed E-state index contributed by atoms with van der Waals surface area (Å²) < 4.78 is 2.23. The lowest BCUT2D eigenvalue weighted by Crippen LogP contribution is -2.28. The van der Waals surface area contributed by atoms with Crippen LogP contribution in [0, 0.1) is 0 Å². The second-order valence-electron chi connectivity index (χ2n) is 6.70. The van der Waals surface area contributed by atoms with Gasteiger partial charge < -0.3 is 4.90 Å². The summed E-state index contributed by atoms with van der Waals surface area (Å²) in [6.07, 6.45) is 0. The summed E-state index contributed by atoms with van der Waals surface area (Å²) >= 11 is 10.1. The molecule has 4 aromatic rings. The first-order chi connectivity index (χ1) is 14.4. The molecule has 9 heteroatoms. The van der Waals surface area contributed by atoms with E-state index in [2.05, 4.69) is 4.98 Å². The van der Waals surface area contributed by atoms with E-state index in [0.717, 1.165) is 16.0 Å². The van der Waals surface area contributed by atoms with Crippen LogP contribution < -0.4 is 5.56 Å². The van der Waals surface area contributed by atoms with E-state index in [9.17, 15) is 9.59 Å². The molecule has 0 atom stereocenters. The predicted octanol–water partition coefficient (Wildman–Crippen LogP) is 5.13. The van der Waals surface area contributed by atoms with Crippen LogP contribution in [0.15, 0.2) is 57.8 Å². The van der Waals surface area contributed by atoms with E-state index >= 15 is 0 Å². The van der Waals surface area contributed by atoms with Crippen molar-refractivity contribution >= 4 is 62.2 Å². The number of benzene rings is 1. The van der Waals surface area contributed by atoms with E-state index in [-0.39, 0.29) is 17.2 Å². The van der Waals surface area contributed by atoms with Gasteiger partial charge in [0, 0.05) is 29.9 Å². The maximum Gasteiger partial charge on any atom is 0.263 e. The van der Waals surface area contributed by atoms with Gasteiger partial charge in [-0.1, -0.05) is 53.7 Å². The number of carbonyl (C=O) groups is 1. The van der Waals surface area contributed by atoms with Crippen LogP contribution in [0.5, 0.6) is 0 Å². The Morgan fingerprint density at radius 3 is 2.70 bits per heavy atom. The van der Waals surface area contributed by atoms with Crippen molar-refractivity contribution in [3.63, 3.8) is 0 Å². The molecule has 3 aromatic heterocycles. The molecule has 0 unspecified atom stereocenters. The first-order valence-electron chi connectivity index (χ1n) is 9.08. The Morgan fingerprint density at radius 2 is 2.00 bits per heavy atom. The van der Waals surface area contributed by atoms with Crippen LogP contribution in [0.25, 0.3) is 21.3 Å². The number of thioether (sulfide) groups is 1. The van der Waals surface area contributed by atoms with Crippen LogP contribution in [0.3, 0.4) is 0 Å². The summed E-state index contributed by atoms with van der Waals surface area (Å²) in [6.45, 7) is 0.507. The molecular formula is C21H18ClN3O2S3. The van der Waals surface area contributed by atoms with Crippen LogP contribution in [0.4, 0.5) is 0 Å². The number of hydrogen-bond donors (Lipinski definition) is 0. The van der Waals surface area contributed by atoms with E-state index in [1.54, 1.807) is 19.0 Å². The maximum absolute atomic E-state index is 13.0. The number of fused-ring (bicyclic) bond motifs is 1. The highest BCUT2D eigenvalue weighted by atomic mass is 35.5. The fraction of sp³-hybridized carbons (Fsp3) is 0.190. The summed E-state index contributed by atoms with van der Waals surface area (Å²) in [4.78, 5) is 33.6. The Balaban J connectivity index is 1.53. The molecule has 154 valence electrons. The van der Waals surface area contributed by atoms with E-state index < -0.39 is 0 Å². The summed E-state index contributed by atoms with van der Waals surface area (Å²) in [6, 6.07) is 13.6. The van der Waals surface area contributed by atoms with Gasteiger partial charge >= 0.3 is 0 Å². The summed E-state index contributed by atoms with van der Waals surface area (Å²) in [5.41, 5.74) is 1.79. The van der Waals surface area contributed by atoms with E-state index in [1.165, 1.54) is 39.0 Å². The molecule has 0 radical (unpaired) electrons. The van der Waals surface area contributed by atoms with Crippen molar-refractivity contribution in [3.05, 3.63) is 67.4 Å². The van der Waals surface area contributed by atoms with Crippen molar-refractivity contribution in [2.45, 2.75) is 11.7 Å². The van der Waals surface area contributed by atoms with E-state index in [1.807, 2.05) is 47.8 Å². The highest BCUT2D eigenvalue weighted by Crippen LogP contribution is 2.32. The largest absolute Gasteiger partial charge is 0.340 e. The zero-order chi connectivity index (χ0) is 21.3. The van der Waals surface area contributed by atoms with Crippen molar-refractivity contribution in [2.75, 3.05) is 12.8 Å². The molecule has 0 aliphatic carbocycles. The third-order valence-electron chi connectivity index (χ3n) is 4.63. The molecule has 1 amide bonds. The van der Waals surface area contributed by atoms with Crippen molar-refractivity contribution < 1.29 is 4.79 Å². The van der Waals surface area contributed by atoms with Gasteiger partial charge in [-0.25, -0.2) is 4.98 Å². The molecule has 30 heavy (non-hydrogen) atoms. The lowest BCUT2D eigenvalue weighted by molar-refractivity contribution is -0.127. The van der Waals surface area contributed by atoms with Crippen molar-refractivity contribution in [1.82, 2.24) is 14.5 Å². The number of carbonyl (C=O) groups excluding carboxylic acids is 1. The molecule has 1 aromatic carbocycles. The molecule has 0 aliphatic heterocycles. The minimum absolute atomic E-state index is 0.0324. The Bertz CT molecular complexity index is 1260. The molecule has 4 rings (SSSR count). The smallest absolute Gasteiger partial charge is 0.263 e. The van der Waals surface area contributed by atoms with Gasteiger partial charge in [0.15, 0.2) is 5.16 Å². The second kappa shape index (κ2) is 8.93. The number of aromatic nitrogens is 2. The van der Waals surface area contributed by atoms with Crippen LogP contribution in [-0.4, -0.2) is 33.2 Å². The molecule has 0 bridgehead atoms. The summed E-state index contributed by atoms with van der Waals surface area (Å²) in [5.74, 6) is 0.174. The summed E-state index contributed by atoms with van der Waals surface area (Å²) in [7, 11) is 3.46. The Morgan fingerprint density at radius 1 is 1.23 bits per heavy atom. The first-order valence-corrected chi connectivity index (χ1v) is 12.1. The minimum Gasteiger partial charge on any atom is -0.340 e. The molecule has 5 nitrogen and oxygen atoms in total. The molecule has 0 saturated heterocycles. The number of rotatable bonds is 6. The summed E-state index contributed by atoms with van der Waals surface area (Å²) in [5, 5.41) is 3.12. The molecule has 0 spiro atoms. The third kappa shape index (κ3) is 4.32. The SMILES string of the molecule is CN(Cc1ccc(Cl)s1)C(=O)CSc1nc2scc(-c3ccccc3)c2c(=O)n1C. The van der Waals surface area contributed by atoms with Crippen LogP contribution >= 0.6 is 46.0 Å². The maximum atomic E-state index is 13.0. The second-order valence-corrected chi connectivity index (χ2v) is 10.3. The quantitative estimate of drug-likeness (QED) is 0.286. The van der Waals surface area contributed by atoms with Gasteiger partial charge in [0.25, 0.3) is 5.56 Å². The predicted molar refractivity (Wildman–Crippen MR) is 127 cm³/mol. The number of amides is 1. The van der Waals surface area contributed by atoms with Gasteiger partial charge in [0.1, 0.15) is 4.83 Å². The van der Waals surface area contributed by atoms with Gasteiger partial charge in [-0.15, -0.1) is 22.7 Å². The van der Waals surface area contributed by atoms with Crippen LogP contribution in [-0.2, 0) is 18.4 Å². The van der Waals surface area contributed by atoms with Crippen molar-refractivity contribution in [1.29, 1.82) is 0 Å². The van der Waals surface area contributed by atoms with Gasteiger partial charge in [-0.05, 0) is 17.7 Å². The van der Waals surface area contributed by atoms with Gasteiger partial charge in [-0.3, -0.25) is 14.2 Å².